The molecular formula is C16H21F3N4O2. The fraction of sp³-hybridized carbons (Fsp3) is 0.688. The lowest BCUT2D eigenvalue weighted by Gasteiger charge is -2.39. The average Bonchev–Trinajstić information content (AvgIpc) is 2.59. The molecule has 138 valence electrons. The quantitative estimate of drug-likeness (QED) is 0.774. The lowest BCUT2D eigenvalue weighted by atomic mass is 9.97. The van der Waals surface area contributed by atoms with Crippen molar-refractivity contribution >= 4 is 17.7 Å². The van der Waals surface area contributed by atoms with Crippen molar-refractivity contribution in [3.63, 3.8) is 0 Å². The third-order valence-electron chi connectivity index (χ3n) is 4.92. The highest BCUT2D eigenvalue weighted by atomic mass is 19.4. The van der Waals surface area contributed by atoms with Gasteiger partial charge in [-0.3, -0.25) is 4.79 Å². The van der Waals surface area contributed by atoms with Crippen LogP contribution in [0.15, 0.2) is 6.07 Å². The number of carbonyl (C=O) groups excluding carboxylic acids is 1. The normalized spacial score (nSPS) is 21.9. The second kappa shape index (κ2) is 6.68. The van der Waals surface area contributed by atoms with Crippen molar-refractivity contribution in [3.05, 3.63) is 11.8 Å². The fourth-order valence-corrected chi connectivity index (χ4v) is 3.18. The summed E-state index contributed by atoms with van der Waals surface area (Å²) in [5.41, 5.74) is -0.929. The zero-order chi connectivity index (χ0) is 18.2. The number of ether oxygens (including phenoxy) is 1. The Bertz CT molecular complexity index is 645. The lowest BCUT2D eigenvalue weighted by molar-refractivity contribution is -0.146. The van der Waals surface area contributed by atoms with Crippen molar-refractivity contribution < 1.29 is 22.7 Å². The van der Waals surface area contributed by atoms with Gasteiger partial charge >= 0.3 is 12.1 Å². The molecule has 0 bridgehead atoms. The van der Waals surface area contributed by atoms with Crippen LogP contribution in [0.25, 0.3) is 0 Å². The van der Waals surface area contributed by atoms with E-state index in [1.807, 2.05) is 6.92 Å². The summed E-state index contributed by atoms with van der Waals surface area (Å²) >= 11 is 0. The summed E-state index contributed by atoms with van der Waals surface area (Å²) in [6.07, 6.45) is -2.54. The van der Waals surface area contributed by atoms with Crippen molar-refractivity contribution in [2.75, 3.05) is 36.5 Å². The molecule has 6 nitrogen and oxygen atoms in total. The van der Waals surface area contributed by atoms with E-state index >= 15 is 0 Å². The number of piperidine rings is 1. The van der Waals surface area contributed by atoms with Crippen LogP contribution >= 0.6 is 0 Å². The molecule has 0 aromatic carbocycles. The van der Waals surface area contributed by atoms with E-state index in [4.69, 9.17) is 4.74 Å². The number of anilines is 2. The summed E-state index contributed by atoms with van der Waals surface area (Å²) in [7, 11) is 1.34. The zero-order valence-corrected chi connectivity index (χ0v) is 14.2. The third kappa shape index (κ3) is 3.64. The van der Waals surface area contributed by atoms with Gasteiger partial charge in [-0.2, -0.15) is 18.2 Å². The van der Waals surface area contributed by atoms with Crippen molar-refractivity contribution in [1.29, 1.82) is 0 Å². The van der Waals surface area contributed by atoms with E-state index < -0.39 is 11.9 Å². The minimum Gasteiger partial charge on any atom is -0.469 e. The smallest absolute Gasteiger partial charge is 0.433 e. The fourth-order valence-electron chi connectivity index (χ4n) is 3.18. The SMILES string of the molecule is COC(=O)C1CCN(c2cc(C(F)(F)F)nc(N3CC[C@@H]3C)n2)CC1. The molecule has 0 spiro atoms. The first-order chi connectivity index (χ1) is 11.8. The van der Waals surface area contributed by atoms with Crippen molar-refractivity contribution in [2.24, 2.45) is 5.92 Å². The van der Waals surface area contributed by atoms with Gasteiger partial charge in [-0.1, -0.05) is 0 Å². The average molecular weight is 358 g/mol. The third-order valence-corrected chi connectivity index (χ3v) is 4.92. The highest BCUT2D eigenvalue weighted by molar-refractivity contribution is 5.72. The number of alkyl halides is 3. The standard InChI is InChI=1S/C16H21F3N4O2/c1-10-3-8-23(10)15-20-12(16(17,18)19)9-13(21-15)22-6-4-11(5-7-22)14(24)25-2/h9-11H,3-8H2,1-2H3/t10-/m0/s1. The van der Waals surface area contributed by atoms with Gasteiger partial charge in [0, 0.05) is 31.7 Å². The predicted molar refractivity (Wildman–Crippen MR) is 85.4 cm³/mol. The van der Waals surface area contributed by atoms with Crippen molar-refractivity contribution in [2.45, 2.75) is 38.4 Å². The first-order valence-electron chi connectivity index (χ1n) is 8.35. The highest BCUT2D eigenvalue weighted by Crippen LogP contribution is 2.34. The van der Waals surface area contributed by atoms with E-state index in [0.717, 1.165) is 12.5 Å². The van der Waals surface area contributed by atoms with Crippen LogP contribution in [-0.2, 0) is 15.7 Å². The molecule has 0 unspecified atom stereocenters. The van der Waals surface area contributed by atoms with Crippen LogP contribution in [0.4, 0.5) is 24.9 Å². The summed E-state index contributed by atoms with van der Waals surface area (Å²) in [5, 5.41) is 0. The first kappa shape index (κ1) is 17.8. The van der Waals surface area contributed by atoms with Gasteiger partial charge in [0.15, 0.2) is 5.69 Å². The molecule has 0 amide bonds. The number of methoxy groups -OCH3 is 1. The van der Waals surface area contributed by atoms with E-state index in [9.17, 15) is 18.0 Å². The number of halogens is 3. The maximum absolute atomic E-state index is 13.2. The van der Waals surface area contributed by atoms with Gasteiger partial charge in [-0.05, 0) is 26.2 Å². The Kier molecular flexibility index (Phi) is 4.75. The van der Waals surface area contributed by atoms with Crippen LogP contribution < -0.4 is 9.80 Å². The molecule has 0 saturated carbocycles. The summed E-state index contributed by atoms with van der Waals surface area (Å²) in [5.74, 6) is -0.0909. The summed E-state index contributed by atoms with van der Waals surface area (Å²) in [6.45, 7) is 3.52. The molecule has 2 aliphatic rings. The van der Waals surface area contributed by atoms with Crippen LogP contribution in [0.1, 0.15) is 31.9 Å². The molecule has 25 heavy (non-hydrogen) atoms. The number of carbonyl (C=O) groups is 1. The van der Waals surface area contributed by atoms with Gasteiger partial charge in [-0.15, -0.1) is 0 Å². The maximum Gasteiger partial charge on any atom is 0.433 e. The van der Waals surface area contributed by atoms with E-state index in [1.54, 1.807) is 9.80 Å². The van der Waals surface area contributed by atoms with Crippen LogP contribution in [-0.4, -0.2) is 48.7 Å². The van der Waals surface area contributed by atoms with E-state index in [-0.39, 0.29) is 29.7 Å². The Morgan fingerprint density at radius 3 is 2.36 bits per heavy atom. The monoisotopic (exact) mass is 358 g/mol. The van der Waals surface area contributed by atoms with Crippen molar-refractivity contribution in [1.82, 2.24) is 9.97 Å². The Morgan fingerprint density at radius 1 is 1.20 bits per heavy atom. The molecule has 0 aliphatic carbocycles. The second-order valence-corrected chi connectivity index (χ2v) is 6.52. The summed E-state index contributed by atoms with van der Waals surface area (Å²) in [6, 6.07) is 1.13. The van der Waals surface area contributed by atoms with E-state index in [1.165, 1.54) is 7.11 Å². The van der Waals surface area contributed by atoms with E-state index in [0.29, 0.717) is 32.5 Å². The molecule has 3 heterocycles. The van der Waals surface area contributed by atoms with Crippen LogP contribution in [0.3, 0.4) is 0 Å². The summed E-state index contributed by atoms with van der Waals surface area (Å²) in [4.78, 5) is 23.2. The molecule has 2 aliphatic heterocycles. The molecule has 9 heteroatoms. The maximum atomic E-state index is 13.2. The molecule has 0 N–H and O–H groups in total. The lowest BCUT2D eigenvalue weighted by Crippen LogP contribution is -2.47. The molecule has 2 saturated heterocycles. The molecule has 1 atom stereocenters. The Hall–Kier alpha value is -2.06. The molecular weight excluding hydrogens is 337 g/mol. The summed E-state index contributed by atoms with van der Waals surface area (Å²) < 4.78 is 44.4. The van der Waals surface area contributed by atoms with Crippen LogP contribution in [0.2, 0.25) is 0 Å². The molecule has 2 fully saturated rings. The number of esters is 1. The Balaban J connectivity index is 1.83. The molecule has 3 rings (SSSR count). The van der Waals surface area contributed by atoms with E-state index in [2.05, 4.69) is 9.97 Å². The number of rotatable bonds is 3. The van der Waals surface area contributed by atoms with Gasteiger partial charge < -0.3 is 14.5 Å². The highest BCUT2D eigenvalue weighted by Gasteiger charge is 2.37. The second-order valence-electron chi connectivity index (χ2n) is 6.52. The van der Waals surface area contributed by atoms with Gasteiger partial charge in [0.2, 0.25) is 5.95 Å². The van der Waals surface area contributed by atoms with Gasteiger partial charge in [-0.25, -0.2) is 4.98 Å². The predicted octanol–water partition coefficient (Wildman–Crippen LogP) is 2.48. The Morgan fingerprint density at radius 2 is 1.88 bits per heavy atom. The number of hydrogen-bond donors (Lipinski definition) is 0. The van der Waals surface area contributed by atoms with Crippen LogP contribution in [0.5, 0.6) is 0 Å². The molecule has 1 aromatic heterocycles. The number of nitrogens with zero attached hydrogens (tertiary/aromatic N) is 4. The Labute approximate surface area is 144 Å². The number of hydrogen-bond acceptors (Lipinski definition) is 6. The van der Waals surface area contributed by atoms with Gasteiger partial charge in [0.05, 0.1) is 13.0 Å². The zero-order valence-electron chi connectivity index (χ0n) is 14.2. The topological polar surface area (TPSA) is 58.6 Å². The van der Waals surface area contributed by atoms with Crippen LogP contribution in [0, 0.1) is 5.92 Å². The minimum atomic E-state index is -4.52. The minimum absolute atomic E-state index is 0.124. The van der Waals surface area contributed by atoms with Gasteiger partial charge in [0.1, 0.15) is 5.82 Å². The van der Waals surface area contributed by atoms with Gasteiger partial charge in [0.25, 0.3) is 0 Å². The first-order valence-corrected chi connectivity index (χ1v) is 8.35. The number of aromatic nitrogens is 2. The largest absolute Gasteiger partial charge is 0.469 e. The molecule has 0 radical (unpaired) electrons. The molecule has 1 aromatic rings. The van der Waals surface area contributed by atoms with Crippen molar-refractivity contribution in [3.8, 4) is 0 Å².